The van der Waals surface area contributed by atoms with E-state index in [9.17, 15) is 0 Å². The second-order valence-corrected chi connectivity index (χ2v) is 8.21. The van der Waals surface area contributed by atoms with Gasteiger partial charge in [-0.1, -0.05) is 46.3 Å². The maximum atomic E-state index is 6.14. The number of fused-ring (bicyclic) bond motifs is 1. The standard InChI is InChI=1S/C22H25BrN2O2/c23-19-6-7-21-22(12-19)27-20(16-26-21)15-25-10-8-18(9-11-25)14-24-13-17-4-2-1-3-5-17/h1-7,12-13,18,20H,8-11,14-16H2/t20-/m0/s1. The first kappa shape index (κ1) is 18.5. The summed E-state index contributed by atoms with van der Waals surface area (Å²) in [5.41, 5.74) is 1.18. The second-order valence-electron chi connectivity index (χ2n) is 7.29. The first-order valence-corrected chi connectivity index (χ1v) is 10.4. The largest absolute Gasteiger partial charge is 0.486 e. The molecule has 0 aromatic heterocycles. The number of halogens is 1. The topological polar surface area (TPSA) is 34.1 Å². The molecule has 2 aromatic rings. The van der Waals surface area contributed by atoms with Crippen molar-refractivity contribution in [3.8, 4) is 11.5 Å². The van der Waals surface area contributed by atoms with Crippen LogP contribution in [-0.2, 0) is 0 Å². The van der Waals surface area contributed by atoms with Gasteiger partial charge in [0, 0.05) is 23.8 Å². The predicted molar refractivity (Wildman–Crippen MR) is 112 cm³/mol. The fourth-order valence-corrected chi connectivity index (χ4v) is 4.01. The van der Waals surface area contributed by atoms with Crippen LogP contribution in [0.5, 0.6) is 11.5 Å². The monoisotopic (exact) mass is 428 g/mol. The third-order valence-electron chi connectivity index (χ3n) is 5.20. The van der Waals surface area contributed by atoms with Crippen LogP contribution in [0.15, 0.2) is 58.0 Å². The molecule has 142 valence electrons. The highest BCUT2D eigenvalue weighted by molar-refractivity contribution is 9.10. The molecule has 1 saturated heterocycles. The van der Waals surface area contributed by atoms with E-state index in [2.05, 4.69) is 38.0 Å². The third-order valence-corrected chi connectivity index (χ3v) is 5.69. The molecule has 2 aromatic carbocycles. The fourth-order valence-electron chi connectivity index (χ4n) is 3.67. The van der Waals surface area contributed by atoms with Gasteiger partial charge in [-0.15, -0.1) is 0 Å². The Kier molecular flexibility index (Phi) is 6.10. The molecule has 1 fully saturated rings. The molecule has 0 aliphatic carbocycles. The lowest BCUT2D eigenvalue weighted by molar-refractivity contribution is 0.0482. The zero-order valence-corrected chi connectivity index (χ0v) is 17.0. The van der Waals surface area contributed by atoms with E-state index >= 15 is 0 Å². The minimum atomic E-state index is 0.0967. The van der Waals surface area contributed by atoms with Gasteiger partial charge in [-0.25, -0.2) is 0 Å². The summed E-state index contributed by atoms with van der Waals surface area (Å²) in [5.74, 6) is 2.36. The van der Waals surface area contributed by atoms with Crippen molar-refractivity contribution in [2.45, 2.75) is 18.9 Å². The van der Waals surface area contributed by atoms with Crippen LogP contribution in [-0.4, -0.2) is 50.0 Å². The fraction of sp³-hybridized carbons (Fsp3) is 0.409. The summed E-state index contributed by atoms with van der Waals surface area (Å²) in [4.78, 5) is 7.14. The van der Waals surface area contributed by atoms with E-state index in [1.807, 2.05) is 42.6 Å². The Morgan fingerprint density at radius 1 is 1.07 bits per heavy atom. The maximum Gasteiger partial charge on any atom is 0.162 e. The van der Waals surface area contributed by atoms with Gasteiger partial charge < -0.3 is 9.47 Å². The molecule has 0 N–H and O–H groups in total. The van der Waals surface area contributed by atoms with Crippen molar-refractivity contribution in [1.29, 1.82) is 0 Å². The van der Waals surface area contributed by atoms with Gasteiger partial charge in [-0.05, 0) is 55.6 Å². The normalized spacial score (nSPS) is 20.9. The van der Waals surface area contributed by atoms with Crippen LogP contribution < -0.4 is 9.47 Å². The molecule has 2 heterocycles. The number of nitrogens with zero attached hydrogens (tertiary/aromatic N) is 2. The van der Waals surface area contributed by atoms with Crippen LogP contribution in [0.25, 0.3) is 0 Å². The molecule has 27 heavy (non-hydrogen) atoms. The van der Waals surface area contributed by atoms with Gasteiger partial charge in [0.2, 0.25) is 0 Å². The smallest absolute Gasteiger partial charge is 0.162 e. The Bertz CT molecular complexity index is 773. The number of hydrogen-bond acceptors (Lipinski definition) is 4. The average Bonchev–Trinajstić information content (AvgIpc) is 2.70. The molecule has 0 saturated carbocycles. The third kappa shape index (κ3) is 5.11. The van der Waals surface area contributed by atoms with Gasteiger partial charge in [0.15, 0.2) is 11.5 Å². The molecule has 0 amide bonds. The van der Waals surface area contributed by atoms with Crippen molar-refractivity contribution in [3.63, 3.8) is 0 Å². The average molecular weight is 429 g/mol. The summed E-state index contributed by atoms with van der Waals surface area (Å²) < 4.78 is 13.0. The van der Waals surface area contributed by atoms with Gasteiger partial charge >= 0.3 is 0 Å². The van der Waals surface area contributed by atoms with E-state index in [0.717, 1.165) is 42.2 Å². The number of ether oxygens (including phenoxy) is 2. The Morgan fingerprint density at radius 3 is 2.70 bits per heavy atom. The van der Waals surface area contributed by atoms with Gasteiger partial charge in [0.05, 0.1) is 0 Å². The first-order chi connectivity index (χ1) is 13.3. The molecular formula is C22H25BrN2O2. The van der Waals surface area contributed by atoms with Gasteiger partial charge in [0.25, 0.3) is 0 Å². The molecule has 1 atom stereocenters. The summed E-state index contributed by atoms with van der Waals surface area (Å²) in [6.07, 6.45) is 4.48. The lowest BCUT2D eigenvalue weighted by atomic mass is 9.97. The lowest BCUT2D eigenvalue weighted by Gasteiger charge is -2.35. The van der Waals surface area contributed by atoms with Crippen molar-refractivity contribution >= 4 is 22.1 Å². The molecule has 4 nitrogen and oxygen atoms in total. The number of hydrogen-bond donors (Lipinski definition) is 0. The van der Waals surface area contributed by atoms with Crippen LogP contribution in [0.1, 0.15) is 18.4 Å². The molecule has 2 aliphatic rings. The molecule has 0 radical (unpaired) electrons. The van der Waals surface area contributed by atoms with Crippen LogP contribution in [0, 0.1) is 5.92 Å². The van der Waals surface area contributed by atoms with Gasteiger partial charge in [0.1, 0.15) is 12.7 Å². The van der Waals surface area contributed by atoms with E-state index in [0.29, 0.717) is 12.5 Å². The predicted octanol–water partition coefficient (Wildman–Crippen LogP) is 4.42. The molecule has 0 unspecified atom stereocenters. The van der Waals surface area contributed by atoms with Crippen molar-refractivity contribution in [2.75, 3.05) is 32.8 Å². The SMILES string of the molecule is Brc1ccc2c(c1)O[C@@H](CN1CCC(CN=Cc3ccccc3)CC1)CO2. The minimum absolute atomic E-state index is 0.0967. The summed E-state index contributed by atoms with van der Waals surface area (Å²) in [5, 5.41) is 0. The van der Waals surface area contributed by atoms with Crippen LogP contribution in [0.2, 0.25) is 0 Å². The number of benzene rings is 2. The maximum absolute atomic E-state index is 6.14. The van der Waals surface area contributed by atoms with Crippen LogP contribution in [0.3, 0.4) is 0 Å². The second kappa shape index (κ2) is 8.89. The van der Waals surface area contributed by atoms with Gasteiger partial charge in [-0.3, -0.25) is 9.89 Å². The van der Waals surface area contributed by atoms with Crippen LogP contribution in [0.4, 0.5) is 0 Å². The summed E-state index contributed by atoms with van der Waals surface area (Å²) in [6, 6.07) is 16.2. The molecule has 0 bridgehead atoms. The zero-order valence-electron chi connectivity index (χ0n) is 15.4. The van der Waals surface area contributed by atoms with Crippen molar-refractivity contribution in [2.24, 2.45) is 10.9 Å². The molecule has 4 rings (SSSR count). The molecule has 2 aliphatic heterocycles. The van der Waals surface area contributed by atoms with E-state index in [1.54, 1.807) is 0 Å². The number of piperidine rings is 1. The quantitative estimate of drug-likeness (QED) is 0.660. The number of rotatable bonds is 5. The summed E-state index contributed by atoms with van der Waals surface area (Å²) >= 11 is 3.49. The number of aliphatic imine (C=N–C) groups is 1. The Labute approximate surface area is 169 Å². The van der Waals surface area contributed by atoms with E-state index in [-0.39, 0.29) is 6.10 Å². The summed E-state index contributed by atoms with van der Waals surface area (Å²) in [7, 11) is 0. The Hall–Kier alpha value is -1.85. The summed E-state index contributed by atoms with van der Waals surface area (Å²) in [6.45, 7) is 4.68. The van der Waals surface area contributed by atoms with Crippen LogP contribution >= 0.6 is 15.9 Å². The molecule has 5 heteroatoms. The molecule has 0 spiro atoms. The van der Waals surface area contributed by atoms with E-state index in [1.165, 1.54) is 18.4 Å². The molecular weight excluding hydrogens is 404 g/mol. The highest BCUT2D eigenvalue weighted by atomic mass is 79.9. The van der Waals surface area contributed by atoms with Gasteiger partial charge in [-0.2, -0.15) is 0 Å². The lowest BCUT2D eigenvalue weighted by Crippen LogP contribution is -2.44. The highest BCUT2D eigenvalue weighted by Crippen LogP contribution is 2.34. The first-order valence-electron chi connectivity index (χ1n) is 9.62. The Morgan fingerprint density at radius 2 is 1.89 bits per heavy atom. The minimum Gasteiger partial charge on any atom is -0.486 e. The zero-order chi connectivity index (χ0) is 18.5. The Balaban J connectivity index is 1.21. The number of likely N-dealkylation sites (tertiary alicyclic amines) is 1. The van der Waals surface area contributed by atoms with Crippen molar-refractivity contribution in [1.82, 2.24) is 4.90 Å². The van der Waals surface area contributed by atoms with E-state index in [4.69, 9.17) is 9.47 Å². The van der Waals surface area contributed by atoms with Crippen molar-refractivity contribution < 1.29 is 9.47 Å². The van der Waals surface area contributed by atoms with Crippen molar-refractivity contribution in [3.05, 3.63) is 58.6 Å². The highest BCUT2D eigenvalue weighted by Gasteiger charge is 2.26. The van der Waals surface area contributed by atoms with E-state index < -0.39 is 0 Å².